The monoisotopic (exact) mass is 313 g/mol. The SMILES string of the molecule is CC1=C2C(=O)N(c3ccc(Cl)nc3)NN2c2ccccc2N1. The summed E-state index contributed by atoms with van der Waals surface area (Å²) in [6.45, 7) is 1.88. The van der Waals surface area contributed by atoms with Gasteiger partial charge in [0.05, 0.1) is 23.3 Å². The fourth-order valence-electron chi connectivity index (χ4n) is 2.61. The van der Waals surface area contributed by atoms with Crippen molar-refractivity contribution in [3.05, 3.63) is 59.1 Å². The Bertz CT molecular complexity index is 802. The Morgan fingerprint density at radius 1 is 1.14 bits per heavy atom. The van der Waals surface area contributed by atoms with E-state index in [1.54, 1.807) is 23.3 Å². The maximum atomic E-state index is 12.7. The van der Waals surface area contributed by atoms with Crippen LogP contribution < -0.4 is 20.9 Å². The number of carbonyl (C=O) groups excluding carboxylic acids is 1. The summed E-state index contributed by atoms with van der Waals surface area (Å²) in [6.07, 6.45) is 1.56. The zero-order valence-electron chi connectivity index (χ0n) is 11.7. The van der Waals surface area contributed by atoms with E-state index in [-0.39, 0.29) is 5.91 Å². The number of hydrogen-bond donors (Lipinski definition) is 2. The summed E-state index contributed by atoms with van der Waals surface area (Å²) < 4.78 is 0. The van der Waals surface area contributed by atoms with Crippen molar-refractivity contribution in [1.29, 1.82) is 0 Å². The summed E-state index contributed by atoms with van der Waals surface area (Å²) in [5.74, 6) is -0.149. The molecule has 3 heterocycles. The molecule has 4 rings (SSSR count). The van der Waals surface area contributed by atoms with Gasteiger partial charge in [-0.05, 0) is 31.2 Å². The van der Waals surface area contributed by atoms with Crippen molar-refractivity contribution in [1.82, 2.24) is 10.5 Å². The molecule has 1 fully saturated rings. The van der Waals surface area contributed by atoms with Crippen LogP contribution in [0.3, 0.4) is 0 Å². The van der Waals surface area contributed by atoms with Gasteiger partial charge >= 0.3 is 0 Å². The van der Waals surface area contributed by atoms with Crippen molar-refractivity contribution in [3.8, 4) is 0 Å². The average Bonchev–Trinajstić information content (AvgIpc) is 2.87. The minimum absolute atomic E-state index is 0.149. The smallest absolute Gasteiger partial charge is 0.294 e. The number of nitrogens with zero attached hydrogens (tertiary/aromatic N) is 3. The van der Waals surface area contributed by atoms with Crippen LogP contribution >= 0.6 is 11.6 Å². The Labute approximate surface area is 131 Å². The summed E-state index contributed by atoms with van der Waals surface area (Å²) in [7, 11) is 0. The minimum atomic E-state index is -0.149. The van der Waals surface area contributed by atoms with E-state index in [0.29, 0.717) is 16.5 Å². The normalized spacial score (nSPS) is 16.5. The Morgan fingerprint density at radius 3 is 2.73 bits per heavy atom. The van der Waals surface area contributed by atoms with Gasteiger partial charge in [0.2, 0.25) is 0 Å². The molecule has 0 aliphatic carbocycles. The minimum Gasteiger partial charge on any atom is -0.355 e. The third-order valence-electron chi connectivity index (χ3n) is 3.62. The van der Waals surface area contributed by atoms with Gasteiger partial charge in [0, 0.05) is 5.70 Å². The molecule has 2 aliphatic rings. The van der Waals surface area contributed by atoms with Crippen LogP contribution in [0.5, 0.6) is 0 Å². The van der Waals surface area contributed by atoms with E-state index < -0.39 is 0 Å². The highest BCUT2D eigenvalue weighted by molar-refractivity contribution is 6.29. The van der Waals surface area contributed by atoms with Crippen molar-refractivity contribution in [2.75, 3.05) is 15.3 Å². The lowest BCUT2D eigenvalue weighted by Crippen LogP contribution is -2.41. The topological polar surface area (TPSA) is 60.5 Å². The number of rotatable bonds is 1. The van der Waals surface area contributed by atoms with Crippen molar-refractivity contribution in [2.45, 2.75) is 6.92 Å². The number of aromatic nitrogens is 1. The van der Waals surface area contributed by atoms with Crippen molar-refractivity contribution in [2.24, 2.45) is 0 Å². The van der Waals surface area contributed by atoms with Gasteiger partial charge in [-0.1, -0.05) is 23.7 Å². The molecule has 110 valence electrons. The van der Waals surface area contributed by atoms with Crippen LogP contribution in [0.15, 0.2) is 54.0 Å². The van der Waals surface area contributed by atoms with Crippen LogP contribution in [0.25, 0.3) is 0 Å². The van der Waals surface area contributed by atoms with Crippen LogP contribution in [0.2, 0.25) is 5.15 Å². The first-order chi connectivity index (χ1) is 10.6. The lowest BCUT2D eigenvalue weighted by molar-refractivity contribution is -0.114. The summed E-state index contributed by atoms with van der Waals surface area (Å²) in [5.41, 5.74) is 6.92. The van der Waals surface area contributed by atoms with Gasteiger partial charge in [-0.15, -0.1) is 5.53 Å². The molecule has 0 bridgehead atoms. The van der Waals surface area contributed by atoms with E-state index in [4.69, 9.17) is 11.6 Å². The van der Waals surface area contributed by atoms with Crippen LogP contribution in [0, 0.1) is 0 Å². The Hall–Kier alpha value is -2.57. The number of amides is 1. The van der Waals surface area contributed by atoms with E-state index in [9.17, 15) is 4.79 Å². The Kier molecular flexibility index (Phi) is 2.82. The molecule has 1 aromatic carbocycles. The number of hydrogen-bond acceptors (Lipinski definition) is 5. The highest BCUT2D eigenvalue weighted by Gasteiger charge is 2.39. The molecule has 0 radical (unpaired) electrons. The molecule has 2 N–H and O–H groups in total. The summed E-state index contributed by atoms with van der Waals surface area (Å²) in [5, 5.41) is 6.87. The number of anilines is 3. The molecule has 7 heteroatoms. The van der Waals surface area contributed by atoms with Gasteiger partial charge < -0.3 is 5.32 Å². The Balaban J connectivity index is 1.78. The molecular weight excluding hydrogens is 302 g/mol. The first kappa shape index (κ1) is 13.1. The highest BCUT2D eigenvalue weighted by atomic mass is 35.5. The molecule has 0 spiro atoms. The largest absolute Gasteiger partial charge is 0.355 e. The number of pyridine rings is 1. The summed E-state index contributed by atoms with van der Waals surface area (Å²) in [4.78, 5) is 16.7. The van der Waals surface area contributed by atoms with Crippen LogP contribution in [-0.2, 0) is 4.79 Å². The van der Waals surface area contributed by atoms with E-state index in [1.165, 1.54) is 5.01 Å². The van der Waals surface area contributed by atoms with Crippen LogP contribution in [-0.4, -0.2) is 10.9 Å². The van der Waals surface area contributed by atoms with E-state index >= 15 is 0 Å². The number of hydrazine groups is 2. The van der Waals surface area contributed by atoms with Gasteiger partial charge in [-0.3, -0.25) is 4.79 Å². The summed E-state index contributed by atoms with van der Waals surface area (Å²) >= 11 is 5.80. The summed E-state index contributed by atoms with van der Waals surface area (Å²) in [6, 6.07) is 11.2. The zero-order chi connectivity index (χ0) is 15.3. The zero-order valence-corrected chi connectivity index (χ0v) is 12.4. The molecule has 0 saturated carbocycles. The fraction of sp³-hybridized carbons (Fsp3) is 0.0667. The van der Waals surface area contributed by atoms with Gasteiger partial charge in [0.15, 0.2) is 0 Å². The lowest BCUT2D eigenvalue weighted by atomic mass is 10.1. The lowest BCUT2D eigenvalue weighted by Gasteiger charge is -2.28. The number of para-hydroxylation sites is 2. The molecule has 1 saturated heterocycles. The quantitative estimate of drug-likeness (QED) is 0.793. The van der Waals surface area contributed by atoms with Crippen molar-refractivity contribution < 1.29 is 4.79 Å². The average molecular weight is 314 g/mol. The molecular formula is C15H12ClN5O. The molecule has 0 unspecified atom stereocenters. The number of allylic oxidation sites excluding steroid dienone is 1. The van der Waals surface area contributed by atoms with E-state index in [2.05, 4.69) is 15.8 Å². The first-order valence-corrected chi connectivity index (χ1v) is 7.12. The van der Waals surface area contributed by atoms with Crippen LogP contribution in [0.4, 0.5) is 17.1 Å². The molecule has 1 aromatic heterocycles. The number of carbonyl (C=O) groups is 1. The third kappa shape index (κ3) is 1.85. The standard InChI is InChI=1S/C15H12ClN5O/c1-9-14-15(22)20(10-6-7-13(16)17-8-10)19-21(14)12-5-3-2-4-11(12)18-9/h2-8,18-19H,1H3. The maximum Gasteiger partial charge on any atom is 0.294 e. The maximum absolute atomic E-state index is 12.7. The molecule has 1 amide bonds. The van der Waals surface area contributed by atoms with E-state index in [1.807, 2.05) is 31.2 Å². The number of halogens is 1. The van der Waals surface area contributed by atoms with Crippen molar-refractivity contribution >= 4 is 34.6 Å². The van der Waals surface area contributed by atoms with Gasteiger partial charge in [-0.2, -0.15) is 0 Å². The Morgan fingerprint density at radius 2 is 1.95 bits per heavy atom. The molecule has 6 nitrogen and oxygen atoms in total. The molecule has 2 aromatic rings. The number of nitrogens with one attached hydrogen (secondary N) is 2. The molecule has 2 aliphatic heterocycles. The number of fused-ring (bicyclic) bond motifs is 3. The molecule has 22 heavy (non-hydrogen) atoms. The van der Waals surface area contributed by atoms with Gasteiger partial charge in [0.1, 0.15) is 10.9 Å². The predicted octanol–water partition coefficient (Wildman–Crippen LogP) is 2.66. The van der Waals surface area contributed by atoms with Crippen LogP contribution in [0.1, 0.15) is 6.92 Å². The second-order valence-electron chi connectivity index (χ2n) is 5.03. The van der Waals surface area contributed by atoms with E-state index in [0.717, 1.165) is 17.1 Å². The second-order valence-corrected chi connectivity index (χ2v) is 5.42. The first-order valence-electron chi connectivity index (χ1n) is 6.74. The third-order valence-corrected chi connectivity index (χ3v) is 3.85. The van der Waals surface area contributed by atoms with Crippen molar-refractivity contribution in [3.63, 3.8) is 0 Å². The van der Waals surface area contributed by atoms with Gasteiger partial charge in [0.25, 0.3) is 5.91 Å². The second kappa shape index (κ2) is 4.72. The predicted molar refractivity (Wildman–Crippen MR) is 85.1 cm³/mol. The van der Waals surface area contributed by atoms with Gasteiger partial charge in [-0.25, -0.2) is 15.0 Å². The highest BCUT2D eigenvalue weighted by Crippen LogP contribution is 2.37. The molecule has 0 atom stereocenters. The number of benzene rings is 1. The fourth-order valence-corrected chi connectivity index (χ4v) is 2.72.